The molecule has 0 unspecified atom stereocenters. The third-order valence-electron chi connectivity index (χ3n) is 3.11. The quantitative estimate of drug-likeness (QED) is 0.806. The van der Waals surface area contributed by atoms with E-state index in [2.05, 4.69) is 25.5 Å². The Hall–Kier alpha value is -1.36. The van der Waals surface area contributed by atoms with Crippen LogP contribution < -0.4 is 10.6 Å². The second-order valence-electron chi connectivity index (χ2n) is 4.45. The fraction of sp³-hybridized carbons (Fsp3) is 0.667. The summed E-state index contributed by atoms with van der Waals surface area (Å²) in [4.78, 5) is 11.1. The molecule has 5 heteroatoms. The topological polar surface area (TPSA) is 53.1 Å². The number of rotatable bonds is 5. The SMILES string of the molecule is CNc1ncc(C)c(NCCN2CCCC2)n1. The van der Waals surface area contributed by atoms with Crippen molar-refractivity contribution >= 4 is 11.8 Å². The van der Waals surface area contributed by atoms with Gasteiger partial charge in [-0.05, 0) is 32.9 Å². The number of anilines is 2. The van der Waals surface area contributed by atoms with Gasteiger partial charge in [-0.2, -0.15) is 4.98 Å². The molecular formula is C12H21N5. The fourth-order valence-electron chi connectivity index (χ4n) is 2.08. The number of hydrogen-bond donors (Lipinski definition) is 2. The first-order chi connectivity index (χ1) is 8.29. The highest BCUT2D eigenvalue weighted by Gasteiger charge is 2.10. The van der Waals surface area contributed by atoms with E-state index in [1.165, 1.54) is 25.9 Å². The van der Waals surface area contributed by atoms with Crippen LogP contribution in [-0.2, 0) is 0 Å². The Bertz CT molecular complexity index is 360. The summed E-state index contributed by atoms with van der Waals surface area (Å²) in [6.07, 6.45) is 4.53. The molecular weight excluding hydrogens is 214 g/mol. The van der Waals surface area contributed by atoms with E-state index in [0.717, 1.165) is 24.5 Å². The van der Waals surface area contributed by atoms with Crippen molar-refractivity contribution in [3.8, 4) is 0 Å². The van der Waals surface area contributed by atoms with Crippen LogP contribution in [-0.4, -0.2) is 48.1 Å². The molecule has 1 aromatic rings. The molecule has 2 heterocycles. The highest BCUT2D eigenvalue weighted by Crippen LogP contribution is 2.12. The average molecular weight is 235 g/mol. The lowest BCUT2D eigenvalue weighted by Crippen LogP contribution is -2.26. The number of likely N-dealkylation sites (tertiary alicyclic amines) is 1. The molecule has 0 amide bonds. The minimum atomic E-state index is 0.666. The van der Waals surface area contributed by atoms with Gasteiger partial charge in [0.1, 0.15) is 5.82 Å². The van der Waals surface area contributed by atoms with Crippen LogP contribution >= 0.6 is 0 Å². The largest absolute Gasteiger partial charge is 0.368 e. The minimum absolute atomic E-state index is 0.666. The summed E-state index contributed by atoms with van der Waals surface area (Å²) in [5.74, 6) is 1.60. The summed E-state index contributed by atoms with van der Waals surface area (Å²) in [5.41, 5.74) is 1.09. The predicted octanol–water partition coefficient (Wildman–Crippen LogP) is 1.33. The predicted molar refractivity (Wildman–Crippen MR) is 70.5 cm³/mol. The maximum Gasteiger partial charge on any atom is 0.224 e. The summed E-state index contributed by atoms with van der Waals surface area (Å²) in [5, 5.41) is 6.34. The van der Waals surface area contributed by atoms with Gasteiger partial charge in [-0.3, -0.25) is 0 Å². The van der Waals surface area contributed by atoms with E-state index in [4.69, 9.17) is 0 Å². The number of aryl methyl sites for hydroxylation is 1. The molecule has 1 aromatic heterocycles. The van der Waals surface area contributed by atoms with Crippen molar-refractivity contribution in [2.45, 2.75) is 19.8 Å². The van der Waals surface area contributed by atoms with Gasteiger partial charge in [-0.1, -0.05) is 0 Å². The number of hydrogen-bond acceptors (Lipinski definition) is 5. The van der Waals surface area contributed by atoms with Crippen LogP contribution in [0, 0.1) is 6.92 Å². The van der Waals surface area contributed by atoms with E-state index >= 15 is 0 Å². The Labute approximate surface area is 103 Å². The van der Waals surface area contributed by atoms with Crippen molar-refractivity contribution in [3.05, 3.63) is 11.8 Å². The molecule has 1 fully saturated rings. The molecule has 1 saturated heterocycles. The Morgan fingerprint density at radius 2 is 2.12 bits per heavy atom. The summed E-state index contributed by atoms with van der Waals surface area (Å²) in [7, 11) is 1.83. The molecule has 0 radical (unpaired) electrons. The third kappa shape index (κ3) is 3.30. The molecule has 5 nitrogen and oxygen atoms in total. The monoisotopic (exact) mass is 235 g/mol. The van der Waals surface area contributed by atoms with Crippen LogP contribution in [0.15, 0.2) is 6.20 Å². The molecule has 0 aliphatic carbocycles. The number of nitrogens with one attached hydrogen (secondary N) is 2. The zero-order valence-electron chi connectivity index (χ0n) is 10.7. The Balaban J connectivity index is 1.84. The Kier molecular flexibility index (Phi) is 4.14. The van der Waals surface area contributed by atoms with Gasteiger partial charge in [-0.25, -0.2) is 4.98 Å². The zero-order chi connectivity index (χ0) is 12.1. The molecule has 0 atom stereocenters. The van der Waals surface area contributed by atoms with E-state index in [1.54, 1.807) is 0 Å². The standard InChI is InChI=1S/C12H21N5/c1-10-9-15-12(13-2)16-11(10)14-5-8-17-6-3-4-7-17/h9H,3-8H2,1-2H3,(H2,13,14,15,16). The van der Waals surface area contributed by atoms with Crippen molar-refractivity contribution in [1.29, 1.82) is 0 Å². The number of aromatic nitrogens is 2. The molecule has 0 aromatic carbocycles. The molecule has 2 rings (SSSR count). The van der Waals surface area contributed by atoms with Crippen molar-refractivity contribution in [2.24, 2.45) is 0 Å². The molecule has 17 heavy (non-hydrogen) atoms. The van der Waals surface area contributed by atoms with Crippen molar-refractivity contribution in [3.63, 3.8) is 0 Å². The average Bonchev–Trinajstić information content (AvgIpc) is 2.84. The lowest BCUT2D eigenvalue weighted by Gasteiger charge is -2.15. The maximum absolute atomic E-state index is 4.40. The highest BCUT2D eigenvalue weighted by atomic mass is 15.2. The van der Waals surface area contributed by atoms with E-state index < -0.39 is 0 Å². The molecule has 1 aliphatic rings. The Morgan fingerprint density at radius 3 is 2.82 bits per heavy atom. The summed E-state index contributed by atoms with van der Waals surface area (Å²) in [6, 6.07) is 0. The van der Waals surface area contributed by atoms with Gasteiger partial charge in [0, 0.05) is 31.9 Å². The van der Waals surface area contributed by atoms with E-state index in [-0.39, 0.29) is 0 Å². The highest BCUT2D eigenvalue weighted by molar-refractivity contribution is 5.46. The lowest BCUT2D eigenvalue weighted by atomic mass is 10.3. The van der Waals surface area contributed by atoms with Crippen LogP contribution in [0.25, 0.3) is 0 Å². The molecule has 2 N–H and O–H groups in total. The zero-order valence-corrected chi connectivity index (χ0v) is 10.7. The minimum Gasteiger partial charge on any atom is -0.368 e. The summed E-state index contributed by atoms with van der Waals surface area (Å²) >= 11 is 0. The molecule has 0 saturated carbocycles. The third-order valence-corrected chi connectivity index (χ3v) is 3.11. The van der Waals surface area contributed by atoms with Crippen molar-refractivity contribution in [2.75, 3.05) is 43.9 Å². The normalized spacial score (nSPS) is 16.1. The molecule has 0 spiro atoms. The van der Waals surface area contributed by atoms with Gasteiger partial charge < -0.3 is 15.5 Å². The summed E-state index contributed by atoms with van der Waals surface area (Å²) in [6.45, 7) is 6.55. The van der Waals surface area contributed by atoms with E-state index in [0.29, 0.717) is 5.95 Å². The van der Waals surface area contributed by atoms with Crippen LogP contribution in [0.1, 0.15) is 18.4 Å². The van der Waals surface area contributed by atoms with Gasteiger partial charge in [0.25, 0.3) is 0 Å². The molecule has 0 bridgehead atoms. The van der Waals surface area contributed by atoms with Gasteiger partial charge in [0.15, 0.2) is 0 Å². The van der Waals surface area contributed by atoms with E-state index in [9.17, 15) is 0 Å². The second-order valence-corrected chi connectivity index (χ2v) is 4.45. The van der Waals surface area contributed by atoms with Crippen molar-refractivity contribution < 1.29 is 0 Å². The van der Waals surface area contributed by atoms with Crippen LogP contribution in [0.5, 0.6) is 0 Å². The molecule has 94 valence electrons. The second kappa shape index (κ2) is 5.82. The van der Waals surface area contributed by atoms with Gasteiger partial charge >= 0.3 is 0 Å². The lowest BCUT2D eigenvalue weighted by molar-refractivity contribution is 0.352. The Morgan fingerprint density at radius 1 is 1.35 bits per heavy atom. The summed E-state index contributed by atoms with van der Waals surface area (Å²) < 4.78 is 0. The van der Waals surface area contributed by atoms with Gasteiger partial charge in [-0.15, -0.1) is 0 Å². The first-order valence-electron chi connectivity index (χ1n) is 6.27. The maximum atomic E-state index is 4.40. The van der Waals surface area contributed by atoms with Crippen LogP contribution in [0.3, 0.4) is 0 Å². The van der Waals surface area contributed by atoms with Gasteiger partial charge in [0.05, 0.1) is 0 Å². The van der Waals surface area contributed by atoms with E-state index in [1.807, 2.05) is 20.2 Å². The fourth-order valence-corrected chi connectivity index (χ4v) is 2.08. The first kappa shape index (κ1) is 12.1. The smallest absolute Gasteiger partial charge is 0.224 e. The van der Waals surface area contributed by atoms with Crippen LogP contribution in [0.4, 0.5) is 11.8 Å². The van der Waals surface area contributed by atoms with Crippen molar-refractivity contribution in [1.82, 2.24) is 14.9 Å². The molecule has 1 aliphatic heterocycles. The van der Waals surface area contributed by atoms with Crippen LogP contribution in [0.2, 0.25) is 0 Å². The number of nitrogens with zero attached hydrogens (tertiary/aromatic N) is 3. The van der Waals surface area contributed by atoms with Gasteiger partial charge in [0.2, 0.25) is 5.95 Å². The first-order valence-corrected chi connectivity index (χ1v) is 6.27.